The van der Waals surface area contributed by atoms with Crippen LogP contribution in [0.2, 0.25) is 0 Å². The van der Waals surface area contributed by atoms with Gasteiger partial charge in [-0.05, 0) is 25.5 Å². The lowest BCUT2D eigenvalue weighted by Crippen LogP contribution is -2.49. The lowest BCUT2D eigenvalue weighted by molar-refractivity contribution is -0.131. The van der Waals surface area contributed by atoms with Crippen LogP contribution in [-0.2, 0) is 9.53 Å². The van der Waals surface area contributed by atoms with Crippen LogP contribution in [-0.4, -0.2) is 49.6 Å². The number of rotatable bonds is 5. The van der Waals surface area contributed by atoms with Crippen LogP contribution >= 0.6 is 0 Å². The van der Waals surface area contributed by atoms with E-state index in [0.29, 0.717) is 31.7 Å². The Kier molecular flexibility index (Phi) is 5.81. The van der Waals surface area contributed by atoms with Gasteiger partial charge in [0.05, 0.1) is 17.9 Å². The Labute approximate surface area is 131 Å². The predicted octanol–water partition coefficient (Wildman–Crippen LogP) is 2.31. The summed E-state index contributed by atoms with van der Waals surface area (Å²) < 4.78 is 5.12. The minimum absolute atomic E-state index is 0.223. The summed E-state index contributed by atoms with van der Waals surface area (Å²) >= 11 is 0. The van der Waals surface area contributed by atoms with Crippen LogP contribution in [0.5, 0.6) is 0 Å². The van der Waals surface area contributed by atoms with Crippen molar-refractivity contribution in [2.24, 2.45) is 0 Å². The molecule has 5 heteroatoms. The topological polar surface area (TPSA) is 49.9 Å². The highest BCUT2D eigenvalue weighted by molar-refractivity contribution is 5.96. The van der Waals surface area contributed by atoms with Gasteiger partial charge in [0.15, 0.2) is 0 Å². The van der Waals surface area contributed by atoms with Crippen LogP contribution in [0.1, 0.15) is 37.0 Å². The molecule has 120 valence electrons. The Morgan fingerprint density at radius 3 is 2.41 bits per heavy atom. The number of nitrogens with zero attached hydrogens (tertiary/aromatic N) is 2. The second kappa shape index (κ2) is 7.82. The van der Waals surface area contributed by atoms with Crippen molar-refractivity contribution in [1.29, 1.82) is 0 Å². The summed E-state index contributed by atoms with van der Waals surface area (Å²) in [7, 11) is 0. The van der Waals surface area contributed by atoms with E-state index >= 15 is 0 Å². The van der Waals surface area contributed by atoms with Crippen molar-refractivity contribution in [3.8, 4) is 0 Å². The summed E-state index contributed by atoms with van der Waals surface area (Å²) in [6, 6.07) is 7.50. The summed E-state index contributed by atoms with van der Waals surface area (Å²) in [5, 5.41) is 0. The number of hydrogen-bond acceptors (Lipinski definition) is 4. The highest BCUT2D eigenvalue weighted by Gasteiger charge is 2.23. The van der Waals surface area contributed by atoms with Crippen molar-refractivity contribution in [2.45, 2.75) is 26.7 Å². The van der Waals surface area contributed by atoms with Gasteiger partial charge in [-0.15, -0.1) is 0 Å². The average molecular weight is 304 g/mol. The number of carbonyl (C=O) groups is 2. The molecule has 0 aliphatic carbocycles. The van der Waals surface area contributed by atoms with E-state index in [0.717, 1.165) is 25.2 Å². The first-order valence-corrected chi connectivity index (χ1v) is 7.96. The molecule has 2 rings (SSSR count). The first-order chi connectivity index (χ1) is 10.7. The maximum absolute atomic E-state index is 12.1. The first kappa shape index (κ1) is 16.3. The number of carbonyl (C=O) groups excluding carboxylic acids is 2. The van der Waals surface area contributed by atoms with Gasteiger partial charge in [-0.2, -0.15) is 0 Å². The van der Waals surface area contributed by atoms with Crippen LogP contribution in [0.4, 0.5) is 5.69 Å². The first-order valence-electron chi connectivity index (χ1n) is 7.96. The summed E-state index contributed by atoms with van der Waals surface area (Å²) in [4.78, 5) is 28.1. The number of esters is 1. The Bertz CT molecular complexity index is 522. The molecule has 1 heterocycles. The fourth-order valence-corrected chi connectivity index (χ4v) is 2.70. The smallest absolute Gasteiger partial charge is 0.340 e. The van der Waals surface area contributed by atoms with E-state index in [-0.39, 0.29) is 11.9 Å². The maximum Gasteiger partial charge on any atom is 0.340 e. The lowest BCUT2D eigenvalue weighted by atomic mass is 10.1. The quantitative estimate of drug-likeness (QED) is 0.783. The number of ether oxygens (including phenoxy) is 1. The number of benzene rings is 1. The van der Waals surface area contributed by atoms with Crippen molar-refractivity contribution < 1.29 is 14.3 Å². The van der Waals surface area contributed by atoms with Crippen LogP contribution < -0.4 is 4.90 Å². The van der Waals surface area contributed by atoms with Gasteiger partial charge in [-0.3, -0.25) is 4.79 Å². The van der Waals surface area contributed by atoms with Crippen LogP contribution in [0, 0.1) is 0 Å². The molecule has 0 N–H and O–H groups in total. The van der Waals surface area contributed by atoms with Gasteiger partial charge in [0.25, 0.3) is 0 Å². The monoisotopic (exact) mass is 304 g/mol. The standard InChI is InChI=1S/C17H24N2O3/c1-3-7-16(20)19-12-10-18(11-13-19)15-9-6-5-8-14(15)17(21)22-4-2/h5-6,8-9H,3-4,7,10-13H2,1-2H3. The van der Waals surface area contributed by atoms with E-state index in [1.165, 1.54) is 0 Å². The zero-order valence-corrected chi connectivity index (χ0v) is 13.4. The molecule has 1 aromatic carbocycles. The third kappa shape index (κ3) is 3.78. The molecule has 1 saturated heterocycles. The molecule has 0 spiro atoms. The molecule has 1 aliphatic heterocycles. The van der Waals surface area contributed by atoms with E-state index in [1.54, 1.807) is 13.0 Å². The zero-order valence-electron chi connectivity index (χ0n) is 13.4. The van der Waals surface area contributed by atoms with Gasteiger partial charge in [-0.1, -0.05) is 19.1 Å². The van der Waals surface area contributed by atoms with E-state index in [9.17, 15) is 9.59 Å². The van der Waals surface area contributed by atoms with Gasteiger partial charge in [-0.25, -0.2) is 4.79 Å². The summed E-state index contributed by atoms with van der Waals surface area (Å²) in [6.45, 7) is 7.08. The van der Waals surface area contributed by atoms with Crippen molar-refractivity contribution in [3.05, 3.63) is 29.8 Å². The fourth-order valence-electron chi connectivity index (χ4n) is 2.70. The molecule has 0 saturated carbocycles. The van der Waals surface area contributed by atoms with Crippen LogP contribution in [0.3, 0.4) is 0 Å². The molecule has 0 radical (unpaired) electrons. The summed E-state index contributed by atoms with van der Waals surface area (Å²) in [5.74, 6) is -0.0663. The summed E-state index contributed by atoms with van der Waals surface area (Å²) in [6.07, 6.45) is 1.49. The molecule has 1 amide bonds. The highest BCUT2D eigenvalue weighted by Crippen LogP contribution is 2.23. The number of para-hydroxylation sites is 1. The molecule has 1 aliphatic rings. The molecular weight excluding hydrogens is 280 g/mol. The van der Waals surface area contributed by atoms with Gasteiger partial charge >= 0.3 is 5.97 Å². The van der Waals surface area contributed by atoms with E-state index in [2.05, 4.69) is 4.90 Å². The number of piperazine rings is 1. The average Bonchev–Trinajstić information content (AvgIpc) is 2.55. The number of amides is 1. The molecule has 0 atom stereocenters. The molecule has 0 aromatic heterocycles. The van der Waals surface area contributed by atoms with E-state index < -0.39 is 0 Å². The lowest BCUT2D eigenvalue weighted by Gasteiger charge is -2.36. The molecule has 0 bridgehead atoms. The molecule has 1 aromatic rings. The molecule has 0 unspecified atom stereocenters. The van der Waals surface area contributed by atoms with Crippen molar-refractivity contribution in [1.82, 2.24) is 4.90 Å². The SMILES string of the molecule is CCCC(=O)N1CCN(c2ccccc2C(=O)OCC)CC1. The van der Waals surface area contributed by atoms with Crippen molar-refractivity contribution >= 4 is 17.6 Å². The normalized spacial score (nSPS) is 14.8. The Morgan fingerprint density at radius 2 is 1.77 bits per heavy atom. The minimum Gasteiger partial charge on any atom is -0.462 e. The molecule has 1 fully saturated rings. The Balaban J connectivity index is 2.05. The van der Waals surface area contributed by atoms with Crippen LogP contribution in [0.25, 0.3) is 0 Å². The summed E-state index contributed by atoms with van der Waals surface area (Å²) in [5.41, 5.74) is 1.49. The zero-order chi connectivity index (χ0) is 15.9. The van der Waals surface area contributed by atoms with E-state index in [1.807, 2.05) is 30.0 Å². The van der Waals surface area contributed by atoms with Gasteiger partial charge in [0, 0.05) is 32.6 Å². The Hall–Kier alpha value is -2.04. The number of anilines is 1. The highest BCUT2D eigenvalue weighted by atomic mass is 16.5. The van der Waals surface area contributed by atoms with Crippen molar-refractivity contribution in [3.63, 3.8) is 0 Å². The van der Waals surface area contributed by atoms with Crippen molar-refractivity contribution in [2.75, 3.05) is 37.7 Å². The van der Waals surface area contributed by atoms with Gasteiger partial charge in [0.2, 0.25) is 5.91 Å². The second-order valence-corrected chi connectivity index (χ2v) is 5.36. The maximum atomic E-state index is 12.1. The van der Waals surface area contributed by atoms with Crippen LogP contribution in [0.15, 0.2) is 24.3 Å². The molecule has 5 nitrogen and oxygen atoms in total. The second-order valence-electron chi connectivity index (χ2n) is 5.36. The third-order valence-electron chi connectivity index (χ3n) is 3.84. The fraction of sp³-hybridized carbons (Fsp3) is 0.529. The number of hydrogen-bond donors (Lipinski definition) is 0. The van der Waals surface area contributed by atoms with E-state index in [4.69, 9.17) is 4.74 Å². The van der Waals surface area contributed by atoms with Gasteiger partial charge in [0.1, 0.15) is 0 Å². The largest absolute Gasteiger partial charge is 0.462 e. The predicted molar refractivity (Wildman–Crippen MR) is 86.1 cm³/mol. The van der Waals surface area contributed by atoms with Gasteiger partial charge < -0.3 is 14.5 Å². The third-order valence-corrected chi connectivity index (χ3v) is 3.84. The minimum atomic E-state index is -0.289. The molecular formula is C17H24N2O3. The molecule has 22 heavy (non-hydrogen) atoms. The Morgan fingerprint density at radius 1 is 1.09 bits per heavy atom.